The Bertz CT molecular complexity index is 379. The Balaban J connectivity index is 3.34. The predicted molar refractivity (Wildman–Crippen MR) is 52.6 cm³/mol. The Morgan fingerprint density at radius 3 is 2.31 bits per heavy atom. The van der Waals surface area contributed by atoms with E-state index >= 15 is 0 Å². The van der Waals surface area contributed by atoms with Gasteiger partial charge in [-0.15, -0.1) is 0 Å². The van der Waals surface area contributed by atoms with Gasteiger partial charge in [0.05, 0.1) is 0 Å². The highest BCUT2D eigenvalue weighted by atomic mass is 19.4. The summed E-state index contributed by atoms with van der Waals surface area (Å²) in [6.07, 6.45) is -2.46. The highest BCUT2D eigenvalue weighted by Gasteiger charge is 2.57. The maximum absolute atomic E-state index is 12.8. The number of pyridine rings is 1. The number of aliphatic hydroxyl groups is 1. The first-order chi connectivity index (χ1) is 7.19. The Hall–Kier alpha value is -1.14. The molecule has 0 fully saturated rings. The topological polar surface area (TPSA) is 59.1 Å². The SMILES string of the molecule is Cc1cncc(C(O)(C(C)N)C(F)(F)F)c1. The number of alkyl halides is 3. The Kier molecular flexibility index (Phi) is 3.25. The summed E-state index contributed by atoms with van der Waals surface area (Å²) in [6, 6.07) is -0.250. The van der Waals surface area contributed by atoms with Gasteiger partial charge >= 0.3 is 6.18 Å². The monoisotopic (exact) mass is 234 g/mol. The molecule has 0 bridgehead atoms. The number of nitrogens with two attached hydrogens (primary N) is 1. The van der Waals surface area contributed by atoms with Crippen LogP contribution in [0.3, 0.4) is 0 Å². The molecule has 0 radical (unpaired) electrons. The van der Waals surface area contributed by atoms with Gasteiger partial charge in [-0.05, 0) is 25.5 Å². The number of hydrogen-bond donors (Lipinski definition) is 2. The van der Waals surface area contributed by atoms with Gasteiger partial charge < -0.3 is 10.8 Å². The normalized spacial score (nSPS) is 17.9. The number of halogens is 3. The fraction of sp³-hybridized carbons (Fsp3) is 0.500. The second-order valence-electron chi connectivity index (χ2n) is 3.80. The maximum atomic E-state index is 12.8. The summed E-state index contributed by atoms with van der Waals surface area (Å²) in [5.74, 6) is 0. The van der Waals surface area contributed by atoms with Crippen LogP contribution in [0.15, 0.2) is 18.5 Å². The molecule has 16 heavy (non-hydrogen) atoms. The van der Waals surface area contributed by atoms with E-state index < -0.39 is 17.8 Å². The molecule has 90 valence electrons. The fourth-order valence-electron chi connectivity index (χ4n) is 1.45. The largest absolute Gasteiger partial charge is 0.423 e. The first-order valence-corrected chi connectivity index (χ1v) is 4.66. The number of nitrogens with zero attached hydrogens (tertiary/aromatic N) is 1. The molecule has 0 saturated carbocycles. The van der Waals surface area contributed by atoms with E-state index in [0.29, 0.717) is 5.56 Å². The summed E-state index contributed by atoms with van der Waals surface area (Å²) in [5, 5.41) is 9.73. The van der Waals surface area contributed by atoms with Crippen molar-refractivity contribution in [1.29, 1.82) is 0 Å². The smallest absolute Gasteiger partial charge is 0.375 e. The molecule has 1 aromatic heterocycles. The molecule has 0 aromatic carbocycles. The first kappa shape index (κ1) is 12.9. The average Bonchev–Trinajstić information content (AvgIpc) is 2.14. The molecule has 0 spiro atoms. The van der Waals surface area contributed by atoms with E-state index in [1.54, 1.807) is 6.92 Å². The average molecular weight is 234 g/mol. The lowest BCUT2D eigenvalue weighted by atomic mass is 9.87. The second-order valence-corrected chi connectivity index (χ2v) is 3.80. The molecule has 0 saturated heterocycles. The van der Waals surface area contributed by atoms with E-state index in [9.17, 15) is 18.3 Å². The Morgan fingerprint density at radius 2 is 1.94 bits per heavy atom. The highest BCUT2D eigenvalue weighted by molar-refractivity contribution is 5.26. The van der Waals surface area contributed by atoms with Gasteiger partial charge in [-0.2, -0.15) is 13.2 Å². The molecule has 0 amide bonds. The van der Waals surface area contributed by atoms with E-state index in [4.69, 9.17) is 5.73 Å². The molecule has 6 heteroatoms. The fourth-order valence-corrected chi connectivity index (χ4v) is 1.45. The Morgan fingerprint density at radius 1 is 1.38 bits per heavy atom. The molecule has 2 atom stereocenters. The highest BCUT2D eigenvalue weighted by Crippen LogP contribution is 2.40. The molecule has 0 aliphatic carbocycles. The lowest BCUT2D eigenvalue weighted by Gasteiger charge is -2.34. The van der Waals surface area contributed by atoms with E-state index in [-0.39, 0.29) is 5.56 Å². The molecule has 0 aliphatic rings. The second kappa shape index (κ2) is 4.03. The number of rotatable bonds is 2. The summed E-state index contributed by atoms with van der Waals surface area (Å²) in [6.45, 7) is 2.70. The minimum Gasteiger partial charge on any atom is -0.375 e. The van der Waals surface area contributed by atoms with E-state index in [0.717, 1.165) is 13.1 Å². The zero-order valence-corrected chi connectivity index (χ0v) is 8.92. The number of aromatic nitrogens is 1. The molecule has 0 aliphatic heterocycles. The summed E-state index contributed by atoms with van der Waals surface area (Å²) >= 11 is 0. The quantitative estimate of drug-likeness (QED) is 0.815. The van der Waals surface area contributed by atoms with Crippen LogP contribution in [0, 0.1) is 6.92 Å². The Labute approximate surface area is 91.1 Å². The van der Waals surface area contributed by atoms with Crippen molar-refractivity contribution in [2.24, 2.45) is 5.73 Å². The van der Waals surface area contributed by atoms with Gasteiger partial charge in [0.1, 0.15) is 0 Å². The molecule has 3 nitrogen and oxygen atoms in total. The number of aryl methyl sites for hydroxylation is 1. The minimum absolute atomic E-state index is 0.338. The summed E-state index contributed by atoms with van der Waals surface area (Å²) in [4.78, 5) is 3.63. The van der Waals surface area contributed by atoms with Gasteiger partial charge in [-0.25, -0.2) is 0 Å². The molecular weight excluding hydrogens is 221 g/mol. The van der Waals surface area contributed by atoms with Gasteiger partial charge in [-0.1, -0.05) is 0 Å². The van der Waals surface area contributed by atoms with Crippen molar-refractivity contribution < 1.29 is 18.3 Å². The van der Waals surface area contributed by atoms with E-state index in [2.05, 4.69) is 4.98 Å². The lowest BCUT2D eigenvalue weighted by Crippen LogP contribution is -2.54. The lowest BCUT2D eigenvalue weighted by molar-refractivity contribution is -0.273. The van der Waals surface area contributed by atoms with Crippen molar-refractivity contribution in [3.05, 3.63) is 29.6 Å². The van der Waals surface area contributed by atoms with Crippen molar-refractivity contribution >= 4 is 0 Å². The summed E-state index contributed by atoms with van der Waals surface area (Å²) in [7, 11) is 0. The summed E-state index contributed by atoms with van der Waals surface area (Å²) in [5.41, 5.74) is 2.37. The summed E-state index contributed by atoms with van der Waals surface area (Å²) < 4.78 is 38.4. The third-order valence-electron chi connectivity index (χ3n) is 2.41. The molecule has 3 N–H and O–H groups in total. The van der Waals surface area contributed by atoms with Crippen molar-refractivity contribution in [3.63, 3.8) is 0 Å². The first-order valence-electron chi connectivity index (χ1n) is 4.66. The molecule has 2 unspecified atom stereocenters. The standard InChI is InChI=1S/C10H13F3N2O/c1-6-3-8(5-15-4-6)9(16,7(2)14)10(11,12)13/h3-5,7,16H,14H2,1-2H3. The predicted octanol–water partition coefficient (Wildman–Crippen LogP) is 1.49. The van der Waals surface area contributed by atoms with Crippen molar-refractivity contribution in [2.75, 3.05) is 0 Å². The van der Waals surface area contributed by atoms with E-state index in [1.807, 2.05) is 0 Å². The molecule has 1 rings (SSSR count). The van der Waals surface area contributed by atoms with Crippen LogP contribution in [0.2, 0.25) is 0 Å². The third kappa shape index (κ3) is 2.03. The van der Waals surface area contributed by atoms with Gasteiger partial charge in [-0.3, -0.25) is 4.98 Å². The molecule has 1 heterocycles. The maximum Gasteiger partial charge on any atom is 0.423 e. The minimum atomic E-state index is -4.84. The zero-order valence-electron chi connectivity index (χ0n) is 8.92. The van der Waals surface area contributed by atoms with Crippen LogP contribution in [0.25, 0.3) is 0 Å². The van der Waals surface area contributed by atoms with Crippen LogP contribution in [0.4, 0.5) is 13.2 Å². The number of hydrogen-bond acceptors (Lipinski definition) is 3. The van der Waals surface area contributed by atoms with Crippen molar-refractivity contribution in [1.82, 2.24) is 4.98 Å². The van der Waals surface area contributed by atoms with Gasteiger partial charge in [0, 0.05) is 24.0 Å². The van der Waals surface area contributed by atoms with Crippen LogP contribution in [-0.4, -0.2) is 22.3 Å². The van der Waals surface area contributed by atoms with Crippen LogP contribution in [0.5, 0.6) is 0 Å². The zero-order chi connectivity index (χ0) is 12.6. The van der Waals surface area contributed by atoms with Gasteiger partial charge in [0.25, 0.3) is 0 Å². The van der Waals surface area contributed by atoms with Crippen molar-refractivity contribution in [3.8, 4) is 0 Å². The van der Waals surface area contributed by atoms with Crippen LogP contribution < -0.4 is 5.73 Å². The van der Waals surface area contributed by atoms with Crippen molar-refractivity contribution in [2.45, 2.75) is 31.7 Å². The van der Waals surface area contributed by atoms with Crippen LogP contribution in [0.1, 0.15) is 18.1 Å². The molecular formula is C10H13F3N2O. The van der Waals surface area contributed by atoms with Crippen LogP contribution >= 0.6 is 0 Å². The van der Waals surface area contributed by atoms with E-state index in [1.165, 1.54) is 12.3 Å². The van der Waals surface area contributed by atoms with Gasteiger partial charge in [0.2, 0.25) is 5.60 Å². The molecule has 1 aromatic rings. The van der Waals surface area contributed by atoms with Gasteiger partial charge in [0.15, 0.2) is 0 Å². The van der Waals surface area contributed by atoms with Crippen LogP contribution in [-0.2, 0) is 5.60 Å². The third-order valence-corrected chi connectivity index (χ3v) is 2.41.